The largest absolute Gasteiger partial charge is 1.00 e. The van der Waals surface area contributed by atoms with Crippen molar-refractivity contribution in [3.63, 3.8) is 0 Å². The molecule has 0 aromatic heterocycles. The molecule has 1 aliphatic rings. The van der Waals surface area contributed by atoms with Gasteiger partial charge in [0.2, 0.25) is 0 Å². The number of aliphatic hydroxyl groups is 2. The van der Waals surface area contributed by atoms with Crippen LogP contribution in [0.1, 0.15) is 29.2 Å². The van der Waals surface area contributed by atoms with Crippen molar-refractivity contribution in [1.82, 2.24) is 4.90 Å². The van der Waals surface area contributed by atoms with Crippen LogP contribution in [0.25, 0.3) is 0 Å². The highest BCUT2D eigenvalue weighted by Gasteiger charge is 2.52. The molecule has 0 saturated carbocycles. The summed E-state index contributed by atoms with van der Waals surface area (Å²) in [7, 11) is 4.31. The fourth-order valence-electron chi connectivity index (χ4n) is 6.20. The Morgan fingerprint density at radius 3 is 1.54 bits per heavy atom. The van der Waals surface area contributed by atoms with Crippen LogP contribution in [0.5, 0.6) is 0 Å². The van der Waals surface area contributed by atoms with E-state index in [4.69, 9.17) is 18.9 Å². The number of amides is 1. The van der Waals surface area contributed by atoms with Crippen molar-refractivity contribution in [1.29, 1.82) is 0 Å². The van der Waals surface area contributed by atoms with Gasteiger partial charge in [0.25, 0.3) is 5.91 Å². The van der Waals surface area contributed by atoms with Gasteiger partial charge in [-0.2, -0.15) is 0 Å². The average Bonchev–Trinajstić information content (AvgIpc) is 3.15. The Hall–Kier alpha value is -3.20. The smallest absolute Gasteiger partial charge is 0.254 e. The molecule has 0 radical (unpaired) electrons. The van der Waals surface area contributed by atoms with Gasteiger partial charge in [0.05, 0.1) is 79.4 Å². The molecule has 0 spiro atoms. The summed E-state index contributed by atoms with van der Waals surface area (Å²) < 4.78 is 26.9. The summed E-state index contributed by atoms with van der Waals surface area (Å²) in [5, 5.41) is 24.0. The van der Waals surface area contributed by atoms with Crippen LogP contribution in [-0.2, 0) is 50.2 Å². The van der Waals surface area contributed by atoms with Crippen molar-refractivity contribution in [2.24, 2.45) is 0 Å². The Bertz CT molecular complexity index is 1590. The molecule has 5 atom stereocenters. The molecule has 0 aliphatic carbocycles. The van der Waals surface area contributed by atoms with Gasteiger partial charge in [0.15, 0.2) is 6.10 Å². The number of carbonyl (C=O) groups is 1. The standard InChI is InChI=1S/C42H53N2O7.HI/c1-33(45)42(47,32-48-28-34-16-8-4-9-17-34)40(51-31-37-22-14-7-15-23-37)38(49-29-35-18-10-5-11-19-35)39(50-30-36-20-12-6-13-21-36)41(46)43-24-26-44(2,3)27-25-43;/h4-23,33,38-40,45,47H,24-32H2,1-3H3;1H/q+1;/p-1/t33-,38-,39-,40+,42?;/m1./s1. The lowest BCUT2D eigenvalue weighted by atomic mass is 9.85. The molecular weight excluding hydrogens is 771 g/mol. The lowest BCUT2D eigenvalue weighted by Gasteiger charge is -2.45. The van der Waals surface area contributed by atoms with E-state index in [1.54, 1.807) is 0 Å². The summed E-state index contributed by atoms with van der Waals surface area (Å²) in [5.74, 6) is -0.254. The van der Waals surface area contributed by atoms with Gasteiger partial charge in [0, 0.05) is 0 Å². The zero-order valence-electron chi connectivity index (χ0n) is 30.4. The molecule has 1 amide bonds. The Kier molecular flexibility index (Phi) is 16.2. The SMILES string of the molecule is C[C@@H](O)C(O)(COCc1ccccc1)[C@@H](OCc1ccccc1)[C@H](OCc1ccccc1)[C@@H](OCc1ccccc1)C(=O)N1CC[N+](C)(C)CC1.[I-]. The van der Waals surface area contributed by atoms with E-state index in [0.29, 0.717) is 13.1 Å². The number of aliphatic hydroxyl groups excluding tert-OH is 1. The highest BCUT2D eigenvalue weighted by molar-refractivity contribution is 5.82. The fraction of sp³-hybridized carbons (Fsp3) is 0.405. The van der Waals surface area contributed by atoms with Gasteiger partial charge >= 0.3 is 0 Å². The van der Waals surface area contributed by atoms with Gasteiger partial charge < -0.3 is 62.5 Å². The van der Waals surface area contributed by atoms with Crippen LogP contribution in [0.15, 0.2) is 121 Å². The lowest BCUT2D eigenvalue weighted by molar-refractivity contribution is -0.894. The minimum absolute atomic E-state index is 0. The zero-order valence-corrected chi connectivity index (χ0v) is 32.6. The van der Waals surface area contributed by atoms with Crippen molar-refractivity contribution in [2.45, 2.75) is 63.4 Å². The molecule has 1 aliphatic heterocycles. The summed E-state index contributed by atoms with van der Waals surface area (Å²) in [6.07, 6.45) is -4.95. The quantitative estimate of drug-likeness (QED) is 0.117. The van der Waals surface area contributed by atoms with Crippen molar-refractivity contribution in [3.8, 4) is 0 Å². The summed E-state index contributed by atoms with van der Waals surface area (Å²) >= 11 is 0. The third-order valence-corrected chi connectivity index (χ3v) is 9.59. The molecule has 52 heavy (non-hydrogen) atoms. The Morgan fingerprint density at radius 1 is 0.692 bits per heavy atom. The first kappa shape index (κ1) is 41.6. The van der Waals surface area contributed by atoms with E-state index < -0.39 is 30.0 Å². The Morgan fingerprint density at radius 2 is 1.10 bits per heavy atom. The zero-order chi connectivity index (χ0) is 36.1. The molecule has 2 N–H and O–H groups in total. The summed E-state index contributed by atoms with van der Waals surface area (Å²) in [6.45, 7) is 4.38. The monoisotopic (exact) mass is 824 g/mol. The number of benzene rings is 4. The molecule has 10 heteroatoms. The molecule has 0 bridgehead atoms. The van der Waals surface area contributed by atoms with E-state index in [0.717, 1.165) is 39.8 Å². The normalized spacial score (nSPS) is 17.6. The number of piperazine rings is 1. The van der Waals surface area contributed by atoms with Crippen LogP contribution in [0.2, 0.25) is 0 Å². The molecule has 4 aromatic rings. The third kappa shape index (κ3) is 11.9. The predicted molar refractivity (Wildman–Crippen MR) is 196 cm³/mol. The van der Waals surface area contributed by atoms with Crippen molar-refractivity contribution >= 4 is 5.91 Å². The molecule has 9 nitrogen and oxygen atoms in total. The van der Waals surface area contributed by atoms with Crippen molar-refractivity contribution < 1.29 is 62.4 Å². The second-order valence-corrected chi connectivity index (χ2v) is 14.0. The number of nitrogens with zero attached hydrogens (tertiary/aromatic N) is 2. The van der Waals surface area contributed by atoms with Gasteiger partial charge in [0.1, 0.15) is 17.8 Å². The van der Waals surface area contributed by atoms with E-state index in [9.17, 15) is 15.0 Å². The van der Waals surface area contributed by atoms with Crippen molar-refractivity contribution in [2.75, 3.05) is 46.9 Å². The summed E-state index contributed by atoms with van der Waals surface area (Å²) in [6, 6.07) is 38.5. The minimum atomic E-state index is -2.01. The maximum absolute atomic E-state index is 14.7. The first-order valence-corrected chi connectivity index (χ1v) is 17.7. The van der Waals surface area contributed by atoms with Crippen molar-refractivity contribution in [3.05, 3.63) is 144 Å². The highest BCUT2D eigenvalue weighted by atomic mass is 127. The number of likely N-dealkylation sites (N-methyl/N-ethyl adjacent to an activating group) is 1. The second-order valence-electron chi connectivity index (χ2n) is 14.0. The van der Waals surface area contributed by atoms with Gasteiger partial charge in [-0.1, -0.05) is 121 Å². The van der Waals surface area contributed by atoms with Crippen LogP contribution in [0.4, 0.5) is 0 Å². The van der Waals surface area contributed by atoms with Gasteiger partial charge in [-0.3, -0.25) is 4.79 Å². The molecule has 1 heterocycles. The minimum Gasteiger partial charge on any atom is -1.00 e. The molecule has 1 saturated heterocycles. The maximum Gasteiger partial charge on any atom is 0.254 e. The predicted octanol–water partition coefficient (Wildman–Crippen LogP) is 1.99. The average molecular weight is 825 g/mol. The van der Waals surface area contributed by atoms with E-state index in [2.05, 4.69) is 14.1 Å². The number of quaternary nitrogens is 1. The fourth-order valence-corrected chi connectivity index (χ4v) is 6.20. The van der Waals surface area contributed by atoms with Crippen LogP contribution in [0.3, 0.4) is 0 Å². The maximum atomic E-state index is 14.7. The van der Waals surface area contributed by atoms with E-state index in [-0.39, 0.29) is 62.9 Å². The summed E-state index contributed by atoms with van der Waals surface area (Å²) in [4.78, 5) is 16.6. The third-order valence-electron chi connectivity index (χ3n) is 9.59. The van der Waals surface area contributed by atoms with Gasteiger partial charge in [-0.05, 0) is 29.2 Å². The molecular formula is C42H53IN2O7. The Balaban J connectivity index is 0.00000605. The number of ether oxygens (including phenoxy) is 4. The first-order chi connectivity index (χ1) is 24.6. The lowest BCUT2D eigenvalue weighted by Crippen LogP contribution is -3.00. The van der Waals surface area contributed by atoms with Crippen LogP contribution in [-0.4, -0.2) is 102 Å². The number of halogens is 1. The molecule has 1 unspecified atom stereocenters. The van der Waals surface area contributed by atoms with Gasteiger partial charge in [-0.15, -0.1) is 0 Å². The van der Waals surface area contributed by atoms with Crippen LogP contribution < -0.4 is 24.0 Å². The molecule has 4 aromatic carbocycles. The van der Waals surface area contributed by atoms with Crippen LogP contribution in [0, 0.1) is 0 Å². The van der Waals surface area contributed by atoms with Crippen LogP contribution >= 0.6 is 0 Å². The number of hydrogen-bond acceptors (Lipinski definition) is 7. The summed E-state index contributed by atoms with van der Waals surface area (Å²) in [5.41, 5.74) is 1.51. The topological polar surface area (TPSA) is 97.7 Å². The Labute approximate surface area is 325 Å². The molecule has 5 rings (SSSR count). The first-order valence-electron chi connectivity index (χ1n) is 17.7. The van der Waals surface area contributed by atoms with Gasteiger partial charge in [-0.25, -0.2) is 0 Å². The van der Waals surface area contributed by atoms with E-state index >= 15 is 0 Å². The molecule has 280 valence electrons. The highest BCUT2D eigenvalue weighted by Crippen LogP contribution is 2.31. The van der Waals surface area contributed by atoms with E-state index in [1.165, 1.54) is 6.92 Å². The second kappa shape index (κ2) is 20.3. The number of carbonyl (C=O) groups excluding carboxylic acids is 1. The number of hydrogen-bond donors (Lipinski definition) is 2. The molecule has 1 fully saturated rings. The number of rotatable bonds is 18. The van der Waals surface area contributed by atoms with E-state index in [1.807, 2.05) is 126 Å².